The summed E-state index contributed by atoms with van der Waals surface area (Å²) in [6, 6.07) is 17.4. The molecule has 0 aliphatic carbocycles. The fourth-order valence-corrected chi connectivity index (χ4v) is 3.42. The molecule has 1 N–H and O–H groups in total. The molecule has 29 heavy (non-hydrogen) atoms. The van der Waals surface area contributed by atoms with Gasteiger partial charge in [-0.2, -0.15) is 0 Å². The molecular weight excluding hydrogens is 389 g/mol. The van der Waals surface area contributed by atoms with E-state index in [1.54, 1.807) is 17.0 Å². The molecule has 152 valence electrons. The summed E-state index contributed by atoms with van der Waals surface area (Å²) in [7, 11) is 0. The molecule has 0 aliphatic heterocycles. The maximum Gasteiger partial charge on any atom is 0.322 e. The molecular formula is C23H25ClFN3O. The van der Waals surface area contributed by atoms with Crippen molar-refractivity contribution in [2.45, 2.75) is 26.9 Å². The molecule has 2 amide bonds. The van der Waals surface area contributed by atoms with E-state index >= 15 is 0 Å². The molecule has 0 unspecified atom stereocenters. The van der Waals surface area contributed by atoms with Crippen molar-refractivity contribution in [1.29, 1.82) is 0 Å². The van der Waals surface area contributed by atoms with Crippen molar-refractivity contribution in [3.8, 4) is 0 Å². The highest BCUT2D eigenvalue weighted by Gasteiger charge is 2.17. The van der Waals surface area contributed by atoms with Gasteiger partial charge in [0.15, 0.2) is 0 Å². The van der Waals surface area contributed by atoms with E-state index in [0.717, 1.165) is 11.3 Å². The quantitative estimate of drug-likeness (QED) is 0.505. The van der Waals surface area contributed by atoms with Crippen LogP contribution < -0.4 is 5.32 Å². The van der Waals surface area contributed by atoms with Crippen LogP contribution in [0.4, 0.5) is 14.9 Å². The molecule has 3 aromatic rings. The summed E-state index contributed by atoms with van der Waals surface area (Å²) in [6.45, 7) is 5.83. The molecule has 1 aromatic heterocycles. The number of carbonyl (C=O) groups excluding carboxylic acids is 1. The standard InChI is InChI=1S/C23H25ClFN3O/c1-17(2)14-28(23(29)26-21-9-4-8-20(25)13-21)16-22-10-5-11-27(22)15-18-6-3-7-19(24)12-18/h3-13,17H,14-16H2,1-2H3,(H,26,29). The molecule has 0 spiro atoms. The van der Waals surface area contributed by atoms with Crippen molar-refractivity contribution >= 4 is 23.3 Å². The van der Waals surface area contributed by atoms with Gasteiger partial charge in [0.05, 0.1) is 6.54 Å². The lowest BCUT2D eigenvalue weighted by Gasteiger charge is -2.25. The number of halogens is 2. The van der Waals surface area contributed by atoms with E-state index in [0.29, 0.717) is 36.3 Å². The molecule has 1 heterocycles. The van der Waals surface area contributed by atoms with Gasteiger partial charge in [-0.15, -0.1) is 0 Å². The number of urea groups is 1. The van der Waals surface area contributed by atoms with Crippen molar-refractivity contribution in [2.75, 3.05) is 11.9 Å². The molecule has 0 bridgehead atoms. The predicted octanol–water partition coefficient (Wildman–Crippen LogP) is 6.02. The van der Waals surface area contributed by atoms with E-state index < -0.39 is 0 Å². The number of amides is 2. The summed E-state index contributed by atoms with van der Waals surface area (Å²) in [5.74, 6) is -0.0850. The Morgan fingerprint density at radius 1 is 1.14 bits per heavy atom. The van der Waals surface area contributed by atoms with Crippen LogP contribution in [0.2, 0.25) is 5.02 Å². The monoisotopic (exact) mass is 413 g/mol. The van der Waals surface area contributed by atoms with Crippen LogP contribution >= 0.6 is 11.6 Å². The lowest BCUT2D eigenvalue weighted by Crippen LogP contribution is -2.37. The number of nitrogens with one attached hydrogen (secondary N) is 1. The summed E-state index contributed by atoms with van der Waals surface area (Å²) in [4.78, 5) is 14.6. The second-order valence-corrected chi connectivity index (χ2v) is 7.91. The van der Waals surface area contributed by atoms with E-state index in [9.17, 15) is 9.18 Å². The predicted molar refractivity (Wildman–Crippen MR) is 116 cm³/mol. The van der Waals surface area contributed by atoms with Gasteiger partial charge in [-0.05, 0) is 53.9 Å². The van der Waals surface area contributed by atoms with Crippen molar-refractivity contribution in [2.24, 2.45) is 5.92 Å². The minimum Gasteiger partial charge on any atom is -0.345 e. The Morgan fingerprint density at radius 2 is 1.93 bits per heavy atom. The van der Waals surface area contributed by atoms with Crippen LogP contribution in [0.1, 0.15) is 25.1 Å². The number of hydrogen-bond donors (Lipinski definition) is 1. The number of anilines is 1. The third kappa shape index (κ3) is 6.09. The zero-order chi connectivity index (χ0) is 20.8. The number of rotatable bonds is 7. The molecule has 2 aromatic carbocycles. The Balaban J connectivity index is 1.75. The summed E-state index contributed by atoms with van der Waals surface area (Å²) >= 11 is 6.10. The molecule has 3 rings (SSSR count). The first-order valence-electron chi connectivity index (χ1n) is 9.60. The molecule has 0 atom stereocenters. The van der Waals surface area contributed by atoms with Gasteiger partial charge in [0.1, 0.15) is 5.82 Å². The van der Waals surface area contributed by atoms with Crippen molar-refractivity contribution in [3.63, 3.8) is 0 Å². The SMILES string of the molecule is CC(C)CN(Cc1cccn1Cc1cccc(Cl)c1)C(=O)Nc1cccc(F)c1. The molecule has 0 radical (unpaired) electrons. The second kappa shape index (κ2) is 9.61. The third-order valence-electron chi connectivity index (χ3n) is 4.47. The zero-order valence-corrected chi connectivity index (χ0v) is 17.4. The van der Waals surface area contributed by atoms with Crippen LogP contribution in [-0.4, -0.2) is 22.0 Å². The van der Waals surface area contributed by atoms with E-state index in [1.165, 1.54) is 12.1 Å². The van der Waals surface area contributed by atoms with Crippen molar-refractivity contribution in [3.05, 3.63) is 89.0 Å². The van der Waals surface area contributed by atoms with Gasteiger partial charge in [-0.25, -0.2) is 9.18 Å². The van der Waals surface area contributed by atoms with Gasteiger partial charge in [-0.3, -0.25) is 0 Å². The molecule has 0 aliphatic rings. The Morgan fingerprint density at radius 3 is 2.66 bits per heavy atom. The Bertz CT molecular complexity index is 970. The number of nitrogens with zero attached hydrogens (tertiary/aromatic N) is 2. The van der Waals surface area contributed by atoms with Gasteiger partial charge in [0.25, 0.3) is 0 Å². The molecule has 0 saturated carbocycles. The summed E-state index contributed by atoms with van der Waals surface area (Å²) in [5.41, 5.74) is 2.55. The van der Waals surface area contributed by atoms with Gasteiger partial charge < -0.3 is 14.8 Å². The second-order valence-electron chi connectivity index (χ2n) is 7.47. The molecule has 0 saturated heterocycles. The zero-order valence-electron chi connectivity index (χ0n) is 16.6. The normalized spacial score (nSPS) is 10.9. The van der Waals surface area contributed by atoms with E-state index in [1.807, 2.05) is 42.6 Å². The van der Waals surface area contributed by atoms with Gasteiger partial charge in [-0.1, -0.05) is 43.6 Å². The largest absolute Gasteiger partial charge is 0.345 e. The molecule has 0 fully saturated rings. The first kappa shape index (κ1) is 20.9. The lowest BCUT2D eigenvalue weighted by molar-refractivity contribution is 0.200. The fourth-order valence-electron chi connectivity index (χ4n) is 3.20. The third-order valence-corrected chi connectivity index (χ3v) is 4.70. The lowest BCUT2D eigenvalue weighted by atomic mass is 10.2. The van der Waals surface area contributed by atoms with Crippen LogP contribution in [0.3, 0.4) is 0 Å². The van der Waals surface area contributed by atoms with Crippen LogP contribution in [0.5, 0.6) is 0 Å². The van der Waals surface area contributed by atoms with E-state index in [2.05, 4.69) is 23.7 Å². The minimum absolute atomic E-state index is 0.250. The number of aromatic nitrogens is 1. The Kier molecular flexibility index (Phi) is 6.94. The highest BCUT2D eigenvalue weighted by molar-refractivity contribution is 6.30. The topological polar surface area (TPSA) is 37.3 Å². The van der Waals surface area contributed by atoms with Crippen LogP contribution in [-0.2, 0) is 13.1 Å². The molecule has 4 nitrogen and oxygen atoms in total. The Hall–Kier alpha value is -2.79. The first-order chi connectivity index (χ1) is 13.9. The number of hydrogen-bond acceptors (Lipinski definition) is 1. The Labute approximate surface area is 175 Å². The maximum absolute atomic E-state index is 13.4. The molecule has 6 heteroatoms. The number of carbonyl (C=O) groups is 1. The van der Waals surface area contributed by atoms with Crippen LogP contribution in [0.15, 0.2) is 66.9 Å². The average molecular weight is 414 g/mol. The highest BCUT2D eigenvalue weighted by atomic mass is 35.5. The minimum atomic E-state index is -0.381. The van der Waals surface area contributed by atoms with E-state index in [-0.39, 0.29) is 11.8 Å². The van der Waals surface area contributed by atoms with E-state index in [4.69, 9.17) is 11.6 Å². The van der Waals surface area contributed by atoms with Crippen molar-refractivity contribution < 1.29 is 9.18 Å². The van der Waals surface area contributed by atoms with Crippen LogP contribution in [0, 0.1) is 11.7 Å². The summed E-state index contributed by atoms with van der Waals surface area (Å²) < 4.78 is 15.6. The summed E-state index contributed by atoms with van der Waals surface area (Å²) in [6.07, 6.45) is 1.99. The van der Waals surface area contributed by atoms with Gasteiger partial charge in [0.2, 0.25) is 0 Å². The first-order valence-corrected chi connectivity index (χ1v) is 9.98. The van der Waals surface area contributed by atoms with Gasteiger partial charge in [0, 0.05) is 35.7 Å². The van der Waals surface area contributed by atoms with Gasteiger partial charge >= 0.3 is 6.03 Å². The number of benzene rings is 2. The van der Waals surface area contributed by atoms with Crippen molar-refractivity contribution in [1.82, 2.24) is 9.47 Å². The fraction of sp³-hybridized carbons (Fsp3) is 0.261. The maximum atomic E-state index is 13.4. The highest BCUT2D eigenvalue weighted by Crippen LogP contribution is 2.16. The summed E-state index contributed by atoms with van der Waals surface area (Å²) in [5, 5.41) is 3.50. The smallest absolute Gasteiger partial charge is 0.322 e. The van der Waals surface area contributed by atoms with Crippen LogP contribution in [0.25, 0.3) is 0 Å². The average Bonchev–Trinajstić information content (AvgIpc) is 3.07.